The number of H-pyrrole nitrogens is 1. The summed E-state index contributed by atoms with van der Waals surface area (Å²) in [6.45, 7) is 1.53. The number of ether oxygens (including phenoxy) is 1. The molecule has 0 unspecified atom stereocenters. The fourth-order valence-corrected chi connectivity index (χ4v) is 3.90. The number of carboxylic acid groups (broad SMARTS) is 1. The maximum Gasteiger partial charge on any atom is 0.418 e. The molecular formula is C20H19N3O6. The lowest BCUT2D eigenvalue weighted by molar-refractivity contribution is -0.161. The summed E-state index contributed by atoms with van der Waals surface area (Å²) >= 11 is 0. The largest absolute Gasteiger partial charge is 0.477 e. The molecule has 2 aliphatic rings. The second-order valence-electron chi connectivity index (χ2n) is 7.00. The van der Waals surface area contributed by atoms with Crippen LogP contribution in [0.15, 0.2) is 48.3 Å². The standard InChI is InChI=1S/C20H19N3O6/c1-10(24)16-14-9-13(17(19(26)27)23(14)18(16)25)11-4-6-12(7-5-11)29-20(28)22-15-3-2-8-21-15/h2-8,10,14,16,21,24H,9H2,1H3,(H,22,28)(H,26,27)/t10-,14-,16-/m1/s1. The molecule has 1 aromatic heterocycles. The van der Waals surface area contributed by atoms with Crippen LogP contribution >= 0.6 is 0 Å². The number of carbonyl (C=O) groups is 3. The molecule has 3 atom stereocenters. The number of aliphatic hydroxyl groups is 1. The van der Waals surface area contributed by atoms with Crippen molar-refractivity contribution in [3.05, 3.63) is 53.9 Å². The number of nitrogens with one attached hydrogen (secondary N) is 2. The molecule has 2 aliphatic heterocycles. The number of hydrogen-bond acceptors (Lipinski definition) is 5. The highest BCUT2D eigenvalue weighted by Gasteiger charge is 2.56. The van der Waals surface area contributed by atoms with Gasteiger partial charge in [-0.15, -0.1) is 0 Å². The zero-order valence-corrected chi connectivity index (χ0v) is 15.5. The highest BCUT2D eigenvalue weighted by molar-refractivity contribution is 6.06. The number of carbonyl (C=O) groups excluding carboxylic acids is 2. The van der Waals surface area contributed by atoms with Gasteiger partial charge in [-0.25, -0.2) is 9.59 Å². The van der Waals surface area contributed by atoms with Crippen molar-refractivity contribution in [3.8, 4) is 5.75 Å². The third-order valence-electron chi connectivity index (χ3n) is 5.18. The number of aromatic amines is 1. The van der Waals surface area contributed by atoms with E-state index in [9.17, 15) is 24.6 Å². The molecule has 0 spiro atoms. The van der Waals surface area contributed by atoms with Crippen molar-refractivity contribution in [2.75, 3.05) is 5.32 Å². The summed E-state index contributed by atoms with van der Waals surface area (Å²) in [6, 6.07) is 9.45. The second-order valence-corrected chi connectivity index (χ2v) is 7.00. The molecule has 0 radical (unpaired) electrons. The Morgan fingerprint density at radius 1 is 1.28 bits per heavy atom. The van der Waals surface area contributed by atoms with Crippen molar-refractivity contribution in [1.82, 2.24) is 9.88 Å². The Hall–Kier alpha value is -3.59. The molecule has 29 heavy (non-hydrogen) atoms. The van der Waals surface area contributed by atoms with E-state index in [4.69, 9.17) is 4.74 Å². The quantitative estimate of drug-likeness (QED) is 0.571. The predicted molar refractivity (Wildman–Crippen MR) is 102 cm³/mol. The number of nitrogens with zero attached hydrogens (tertiary/aromatic N) is 1. The first-order valence-corrected chi connectivity index (χ1v) is 9.07. The smallest absolute Gasteiger partial charge is 0.418 e. The van der Waals surface area contributed by atoms with E-state index in [0.29, 0.717) is 23.4 Å². The Balaban J connectivity index is 1.52. The summed E-state index contributed by atoms with van der Waals surface area (Å²) in [4.78, 5) is 40.0. The summed E-state index contributed by atoms with van der Waals surface area (Å²) in [5.74, 6) is -1.38. The average molecular weight is 397 g/mol. The predicted octanol–water partition coefficient (Wildman–Crippen LogP) is 2.03. The number of amides is 2. The molecule has 1 fully saturated rings. The van der Waals surface area contributed by atoms with Crippen LogP contribution in [-0.2, 0) is 9.59 Å². The second kappa shape index (κ2) is 7.10. The zero-order valence-electron chi connectivity index (χ0n) is 15.5. The number of carboxylic acids is 1. The van der Waals surface area contributed by atoms with Crippen molar-refractivity contribution < 1.29 is 29.3 Å². The topological polar surface area (TPSA) is 132 Å². The molecule has 0 bridgehead atoms. The van der Waals surface area contributed by atoms with Crippen LogP contribution in [0.1, 0.15) is 18.9 Å². The van der Waals surface area contributed by atoms with Crippen LogP contribution in [0.5, 0.6) is 5.75 Å². The van der Waals surface area contributed by atoms with Gasteiger partial charge in [0.1, 0.15) is 17.3 Å². The first kappa shape index (κ1) is 18.8. The van der Waals surface area contributed by atoms with Gasteiger partial charge in [-0.1, -0.05) is 12.1 Å². The Morgan fingerprint density at radius 2 is 2.00 bits per heavy atom. The van der Waals surface area contributed by atoms with E-state index in [-0.39, 0.29) is 23.4 Å². The molecule has 4 rings (SSSR count). The number of benzene rings is 1. The molecule has 0 aliphatic carbocycles. The van der Waals surface area contributed by atoms with Gasteiger partial charge in [0, 0.05) is 6.20 Å². The SMILES string of the molecule is C[C@@H](O)[C@H]1C(=O)N2C(C(=O)O)=C(c3ccc(OC(=O)Nc4ccc[nH]4)cc3)C[C@H]12. The number of fused-ring (bicyclic) bond motifs is 1. The molecule has 9 heteroatoms. The van der Waals surface area contributed by atoms with Gasteiger partial charge in [-0.2, -0.15) is 0 Å². The number of hydrogen-bond donors (Lipinski definition) is 4. The minimum atomic E-state index is -1.19. The summed E-state index contributed by atoms with van der Waals surface area (Å²) in [5, 5.41) is 22.0. The number of anilines is 1. The van der Waals surface area contributed by atoms with Gasteiger partial charge in [0.15, 0.2) is 0 Å². The number of aliphatic carboxylic acids is 1. The molecule has 2 aromatic rings. The van der Waals surface area contributed by atoms with Crippen LogP contribution < -0.4 is 10.1 Å². The number of aliphatic hydroxyl groups excluding tert-OH is 1. The highest BCUT2D eigenvalue weighted by Crippen LogP contribution is 2.47. The minimum absolute atomic E-state index is 0.0601. The maximum absolute atomic E-state index is 12.3. The Labute approximate surface area is 165 Å². The lowest BCUT2D eigenvalue weighted by atomic mass is 9.82. The summed E-state index contributed by atoms with van der Waals surface area (Å²) in [5.41, 5.74) is 1.07. The number of aromatic nitrogens is 1. The van der Waals surface area contributed by atoms with Crippen molar-refractivity contribution in [1.29, 1.82) is 0 Å². The van der Waals surface area contributed by atoms with Crippen LogP contribution in [0.3, 0.4) is 0 Å². The Morgan fingerprint density at radius 3 is 2.59 bits per heavy atom. The number of β-lactam (4-membered cyclic amide) rings is 1. The van der Waals surface area contributed by atoms with Crippen molar-refractivity contribution in [3.63, 3.8) is 0 Å². The third kappa shape index (κ3) is 3.25. The van der Waals surface area contributed by atoms with Gasteiger partial charge < -0.3 is 24.8 Å². The summed E-state index contributed by atoms with van der Waals surface area (Å²) in [7, 11) is 0. The van der Waals surface area contributed by atoms with Crippen LogP contribution in [0, 0.1) is 5.92 Å². The van der Waals surface area contributed by atoms with Crippen molar-refractivity contribution >= 4 is 29.4 Å². The van der Waals surface area contributed by atoms with E-state index in [0.717, 1.165) is 0 Å². The third-order valence-corrected chi connectivity index (χ3v) is 5.18. The molecule has 4 N–H and O–H groups in total. The first-order chi connectivity index (χ1) is 13.9. The maximum atomic E-state index is 12.3. The van der Waals surface area contributed by atoms with Crippen LogP contribution in [0.25, 0.3) is 5.57 Å². The van der Waals surface area contributed by atoms with E-state index in [1.807, 2.05) is 0 Å². The van der Waals surface area contributed by atoms with E-state index in [1.165, 1.54) is 11.8 Å². The summed E-state index contributed by atoms with van der Waals surface area (Å²) in [6.07, 6.45) is 0.500. The van der Waals surface area contributed by atoms with E-state index in [1.54, 1.807) is 42.6 Å². The van der Waals surface area contributed by atoms with Gasteiger partial charge in [0.2, 0.25) is 5.91 Å². The van der Waals surface area contributed by atoms with E-state index < -0.39 is 24.1 Å². The molecular weight excluding hydrogens is 378 g/mol. The zero-order chi connectivity index (χ0) is 20.7. The van der Waals surface area contributed by atoms with Gasteiger partial charge in [0.25, 0.3) is 0 Å². The first-order valence-electron chi connectivity index (χ1n) is 9.07. The molecule has 150 valence electrons. The van der Waals surface area contributed by atoms with Gasteiger partial charge in [-0.3, -0.25) is 10.1 Å². The van der Waals surface area contributed by atoms with Crippen LogP contribution in [0.2, 0.25) is 0 Å². The van der Waals surface area contributed by atoms with E-state index >= 15 is 0 Å². The fraction of sp³-hybridized carbons (Fsp3) is 0.250. The lowest BCUT2D eigenvalue weighted by Crippen LogP contribution is -2.61. The normalized spacial score (nSPS) is 21.4. The Kier molecular flexibility index (Phi) is 4.59. The molecule has 9 nitrogen and oxygen atoms in total. The van der Waals surface area contributed by atoms with Gasteiger partial charge in [0.05, 0.1) is 18.1 Å². The fourth-order valence-electron chi connectivity index (χ4n) is 3.90. The number of rotatable bonds is 5. The van der Waals surface area contributed by atoms with Crippen LogP contribution in [-0.4, -0.2) is 50.2 Å². The van der Waals surface area contributed by atoms with Crippen LogP contribution in [0.4, 0.5) is 10.6 Å². The van der Waals surface area contributed by atoms with Crippen molar-refractivity contribution in [2.24, 2.45) is 5.92 Å². The molecule has 1 saturated heterocycles. The van der Waals surface area contributed by atoms with Gasteiger partial charge in [-0.05, 0) is 48.7 Å². The van der Waals surface area contributed by atoms with Gasteiger partial charge >= 0.3 is 12.1 Å². The van der Waals surface area contributed by atoms with E-state index in [2.05, 4.69) is 10.3 Å². The molecule has 0 saturated carbocycles. The van der Waals surface area contributed by atoms with Crippen molar-refractivity contribution in [2.45, 2.75) is 25.5 Å². The molecule has 2 amide bonds. The summed E-state index contributed by atoms with van der Waals surface area (Å²) < 4.78 is 5.20. The highest BCUT2D eigenvalue weighted by atomic mass is 16.6. The minimum Gasteiger partial charge on any atom is -0.477 e. The Bertz CT molecular complexity index is 994. The average Bonchev–Trinajstić information content (AvgIpc) is 3.27. The monoisotopic (exact) mass is 397 g/mol. The molecule has 1 aromatic carbocycles. The lowest BCUT2D eigenvalue weighted by Gasteiger charge is -2.44. The molecule has 3 heterocycles.